The van der Waals surface area contributed by atoms with Gasteiger partial charge in [0.25, 0.3) is 5.91 Å². The maximum Gasteiger partial charge on any atom is 0.254 e. The molecule has 0 atom stereocenters. The first-order chi connectivity index (χ1) is 12.6. The van der Waals surface area contributed by atoms with Crippen LogP contribution in [0.25, 0.3) is 0 Å². The fourth-order valence-electron chi connectivity index (χ4n) is 2.74. The highest BCUT2D eigenvalue weighted by atomic mass is 32.2. The molecule has 6 nitrogen and oxygen atoms in total. The van der Waals surface area contributed by atoms with E-state index in [0.29, 0.717) is 18.7 Å². The number of rotatable bonds is 7. The zero-order valence-corrected chi connectivity index (χ0v) is 17.2. The summed E-state index contributed by atoms with van der Waals surface area (Å²) < 4.78 is 32.0. The summed E-state index contributed by atoms with van der Waals surface area (Å²) in [4.78, 5) is 14.3. The first kappa shape index (κ1) is 20.9. The SMILES string of the molecule is CNS(=O)(=O)c1ccc(C)c(C(=O)N(C)CCOc2cc(C)cc(C)c2)c1. The maximum atomic E-state index is 12.7. The Morgan fingerprint density at radius 1 is 1.07 bits per heavy atom. The van der Waals surface area contributed by atoms with Gasteiger partial charge in [-0.05, 0) is 68.8 Å². The van der Waals surface area contributed by atoms with Crippen molar-refractivity contribution in [2.75, 3.05) is 27.2 Å². The number of nitrogens with one attached hydrogen (secondary N) is 1. The third-order valence-electron chi connectivity index (χ3n) is 4.26. The Morgan fingerprint density at radius 3 is 2.30 bits per heavy atom. The van der Waals surface area contributed by atoms with Crippen LogP contribution in [0.3, 0.4) is 0 Å². The van der Waals surface area contributed by atoms with E-state index in [1.807, 2.05) is 26.0 Å². The molecule has 1 amide bonds. The van der Waals surface area contributed by atoms with Crippen molar-refractivity contribution < 1.29 is 17.9 Å². The molecular formula is C20H26N2O4S. The lowest BCUT2D eigenvalue weighted by molar-refractivity contribution is 0.0772. The molecule has 146 valence electrons. The van der Waals surface area contributed by atoms with Crippen LogP contribution < -0.4 is 9.46 Å². The average Bonchev–Trinajstić information content (AvgIpc) is 2.60. The van der Waals surface area contributed by atoms with Crippen LogP contribution in [-0.4, -0.2) is 46.5 Å². The molecule has 0 aliphatic rings. The van der Waals surface area contributed by atoms with E-state index < -0.39 is 10.0 Å². The summed E-state index contributed by atoms with van der Waals surface area (Å²) in [5.74, 6) is 0.524. The predicted octanol–water partition coefficient (Wildman–Crippen LogP) is 2.67. The second-order valence-electron chi connectivity index (χ2n) is 6.58. The highest BCUT2D eigenvalue weighted by molar-refractivity contribution is 7.89. The number of sulfonamides is 1. The molecule has 0 saturated carbocycles. The van der Waals surface area contributed by atoms with Crippen molar-refractivity contribution in [2.24, 2.45) is 0 Å². The lowest BCUT2D eigenvalue weighted by Crippen LogP contribution is -2.31. The number of amides is 1. The molecule has 0 aliphatic carbocycles. The summed E-state index contributed by atoms with van der Waals surface area (Å²) in [6.45, 7) is 6.52. The molecule has 7 heteroatoms. The zero-order chi connectivity index (χ0) is 20.2. The quantitative estimate of drug-likeness (QED) is 0.789. The van der Waals surface area contributed by atoms with Crippen LogP contribution in [0.2, 0.25) is 0 Å². The molecule has 2 aromatic carbocycles. The van der Waals surface area contributed by atoms with Gasteiger partial charge < -0.3 is 9.64 Å². The number of nitrogens with zero attached hydrogens (tertiary/aromatic N) is 1. The highest BCUT2D eigenvalue weighted by Gasteiger charge is 2.19. The van der Waals surface area contributed by atoms with Gasteiger partial charge in [-0.25, -0.2) is 13.1 Å². The number of carbonyl (C=O) groups excluding carboxylic acids is 1. The monoisotopic (exact) mass is 390 g/mol. The van der Waals surface area contributed by atoms with Crippen molar-refractivity contribution in [3.63, 3.8) is 0 Å². The van der Waals surface area contributed by atoms with Crippen LogP contribution in [-0.2, 0) is 10.0 Å². The van der Waals surface area contributed by atoms with Crippen LogP contribution >= 0.6 is 0 Å². The van der Waals surface area contributed by atoms with Crippen molar-refractivity contribution in [1.82, 2.24) is 9.62 Å². The van der Waals surface area contributed by atoms with Gasteiger partial charge in [-0.2, -0.15) is 0 Å². The van der Waals surface area contributed by atoms with Crippen LogP contribution in [0.1, 0.15) is 27.0 Å². The minimum absolute atomic E-state index is 0.0684. The summed E-state index contributed by atoms with van der Waals surface area (Å²) in [6.07, 6.45) is 0. The average molecular weight is 391 g/mol. The van der Waals surface area contributed by atoms with Gasteiger partial charge in [0.1, 0.15) is 12.4 Å². The van der Waals surface area contributed by atoms with Crippen LogP contribution in [0.15, 0.2) is 41.3 Å². The summed E-state index contributed by atoms with van der Waals surface area (Å²) in [5, 5.41) is 0. The molecule has 0 fully saturated rings. The van der Waals surface area contributed by atoms with E-state index in [0.717, 1.165) is 22.4 Å². The Balaban J connectivity index is 2.07. The van der Waals surface area contributed by atoms with E-state index in [9.17, 15) is 13.2 Å². The summed E-state index contributed by atoms with van der Waals surface area (Å²) in [7, 11) is -0.590. The fourth-order valence-corrected chi connectivity index (χ4v) is 3.50. The molecule has 0 bridgehead atoms. The first-order valence-corrected chi connectivity index (χ1v) is 10.1. The summed E-state index contributed by atoms with van der Waals surface area (Å²) in [5.41, 5.74) is 3.32. The largest absolute Gasteiger partial charge is 0.492 e. The molecule has 1 N–H and O–H groups in total. The second-order valence-corrected chi connectivity index (χ2v) is 8.47. The molecule has 0 spiro atoms. The molecule has 0 aromatic heterocycles. The molecule has 0 unspecified atom stereocenters. The molecule has 2 rings (SSSR count). The molecule has 0 saturated heterocycles. The van der Waals surface area contributed by atoms with E-state index in [1.54, 1.807) is 20.0 Å². The Kier molecular flexibility index (Phi) is 6.62. The maximum absolute atomic E-state index is 12.7. The normalized spacial score (nSPS) is 11.3. The number of hydrogen-bond donors (Lipinski definition) is 1. The van der Waals surface area contributed by atoms with E-state index in [2.05, 4.69) is 10.8 Å². The molecule has 0 aliphatic heterocycles. The lowest BCUT2D eigenvalue weighted by Gasteiger charge is -2.19. The third kappa shape index (κ3) is 5.30. The minimum Gasteiger partial charge on any atom is -0.492 e. The van der Waals surface area contributed by atoms with Gasteiger partial charge in [-0.1, -0.05) is 12.1 Å². The minimum atomic E-state index is -3.60. The van der Waals surface area contributed by atoms with Crippen molar-refractivity contribution >= 4 is 15.9 Å². The second kappa shape index (κ2) is 8.54. The van der Waals surface area contributed by atoms with Crippen LogP contribution in [0.4, 0.5) is 0 Å². The first-order valence-electron chi connectivity index (χ1n) is 8.65. The molecule has 27 heavy (non-hydrogen) atoms. The molecule has 0 radical (unpaired) electrons. The number of hydrogen-bond acceptors (Lipinski definition) is 4. The van der Waals surface area contributed by atoms with E-state index in [-0.39, 0.29) is 10.8 Å². The van der Waals surface area contributed by atoms with Gasteiger partial charge in [0.15, 0.2) is 0 Å². The van der Waals surface area contributed by atoms with Crippen LogP contribution in [0, 0.1) is 20.8 Å². The highest BCUT2D eigenvalue weighted by Crippen LogP contribution is 2.18. The van der Waals surface area contributed by atoms with Gasteiger partial charge in [0.2, 0.25) is 10.0 Å². The Bertz CT molecular complexity index is 919. The molecular weight excluding hydrogens is 364 g/mol. The van der Waals surface area contributed by atoms with E-state index in [1.165, 1.54) is 24.1 Å². The van der Waals surface area contributed by atoms with Gasteiger partial charge in [0.05, 0.1) is 11.4 Å². The molecule has 0 heterocycles. The number of aryl methyl sites for hydroxylation is 3. The van der Waals surface area contributed by atoms with Crippen molar-refractivity contribution in [1.29, 1.82) is 0 Å². The fraction of sp³-hybridized carbons (Fsp3) is 0.350. The molecule has 2 aromatic rings. The van der Waals surface area contributed by atoms with Gasteiger partial charge in [0, 0.05) is 12.6 Å². The van der Waals surface area contributed by atoms with Gasteiger partial charge in [-0.3, -0.25) is 4.79 Å². The van der Waals surface area contributed by atoms with E-state index in [4.69, 9.17) is 4.74 Å². The van der Waals surface area contributed by atoms with Crippen molar-refractivity contribution in [3.05, 3.63) is 58.7 Å². The third-order valence-corrected chi connectivity index (χ3v) is 5.67. The van der Waals surface area contributed by atoms with Crippen LogP contribution in [0.5, 0.6) is 5.75 Å². The van der Waals surface area contributed by atoms with Gasteiger partial charge in [-0.15, -0.1) is 0 Å². The standard InChI is InChI=1S/C20H26N2O4S/c1-14-10-15(2)12-17(11-14)26-9-8-22(5)20(23)19-13-18(7-6-16(19)3)27(24,25)21-4/h6-7,10-13,21H,8-9H2,1-5H3. The number of ether oxygens (including phenoxy) is 1. The lowest BCUT2D eigenvalue weighted by atomic mass is 10.1. The Morgan fingerprint density at radius 2 is 1.70 bits per heavy atom. The van der Waals surface area contributed by atoms with Crippen molar-refractivity contribution in [2.45, 2.75) is 25.7 Å². The van der Waals surface area contributed by atoms with Gasteiger partial charge >= 0.3 is 0 Å². The Labute approximate surface area is 161 Å². The number of likely N-dealkylation sites (N-methyl/N-ethyl adjacent to an activating group) is 1. The Hall–Kier alpha value is -2.38. The predicted molar refractivity (Wildman–Crippen MR) is 106 cm³/mol. The topological polar surface area (TPSA) is 75.7 Å². The summed E-state index contributed by atoms with van der Waals surface area (Å²) in [6, 6.07) is 10.5. The van der Waals surface area contributed by atoms with Crippen molar-refractivity contribution in [3.8, 4) is 5.75 Å². The zero-order valence-electron chi connectivity index (χ0n) is 16.4. The van der Waals surface area contributed by atoms with E-state index >= 15 is 0 Å². The number of carbonyl (C=O) groups is 1. The smallest absolute Gasteiger partial charge is 0.254 e. The summed E-state index contributed by atoms with van der Waals surface area (Å²) >= 11 is 0. The number of benzene rings is 2.